The fraction of sp³-hybridized carbons (Fsp3) is 0.538. The fourth-order valence-corrected chi connectivity index (χ4v) is 2.56. The number of rotatable bonds is 6. The lowest BCUT2D eigenvalue weighted by Crippen LogP contribution is -2.17. The van der Waals surface area contributed by atoms with Crippen LogP contribution in [0.1, 0.15) is 19.8 Å². The molecule has 0 aliphatic heterocycles. The van der Waals surface area contributed by atoms with Gasteiger partial charge in [0.05, 0.1) is 6.61 Å². The predicted octanol–water partition coefficient (Wildman–Crippen LogP) is 2.98. The molecular weight excluding hydrogens is 232 g/mol. The van der Waals surface area contributed by atoms with Crippen LogP contribution in [0.2, 0.25) is 0 Å². The third-order valence-electron chi connectivity index (χ3n) is 3.10. The summed E-state index contributed by atoms with van der Waals surface area (Å²) in [7, 11) is 0. The normalized spacial score (nSPS) is 16.6. The Morgan fingerprint density at radius 3 is 2.76 bits per heavy atom. The van der Waals surface area contributed by atoms with Crippen LogP contribution in [0.5, 0.6) is 5.75 Å². The van der Waals surface area contributed by atoms with Gasteiger partial charge >= 0.3 is 0 Å². The molecule has 1 aliphatic rings. The molecular formula is C13H20N2OS. The second kappa shape index (κ2) is 5.08. The van der Waals surface area contributed by atoms with E-state index in [1.165, 1.54) is 12.8 Å². The van der Waals surface area contributed by atoms with Gasteiger partial charge in [0.25, 0.3) is 0 Å². The maximum atomic E-state index is 5.85. The van der Waals surface area contributed by atoms with Crippen LogP contribution in [-0.4, -0.2) is 24.2 Å². The van der Waals surface area contributed by atoms with Gasteiger partial charge in [-0.1, -0.05) is 0 Å². The molecule has 0 spiro atoms. The fourth-order valence-electron chi connectivity index (χ4n) is 1.83. The Hall–Kier alpha value is -1.03. The number of nitrogens with one attached hydrogen (secondary N) is 1. The smallest absolute Gasteiger partial charge is 0.123 e. The van der Waals surface area contributed by atoms with E-state index in [2.05, 4.69) is 11.6 Å². The highest BCUT2D eigenvalue weighted by atomic mass is 32.2. The van der Waals surface area contributed by atoms with Gasteiger partial charge < -0.3 is 15.8 Å². The van der Waals surface area contributed by atoms with E-state index in [0.29, 0.717) is 11.4 Å². The van der Waals surface area contributed by atoms with Crippen LogP contribution in [-0.2, 0) is 0 Å². The molecule has 1 aliphatic carbocycles. The molecule has 1 fully saturated rings. The molecule has 1 aromatic rings. The van der Waals surface area contributed by atoms with Crippen molar-refractivity contribution in [3.05, 3.63) is 18.2 Å². The maximum absolute atomic E-state index is 5.85. The third kappa shape index (κ3) is 3.22. The van der Waals surface area contributed by atoms with E-state index >= 15 is 0 Å². The van der Waals surface area contributed by atoms with Gasteiger partial charge in [-0.3, -0.25) is 0 Å². The molecule has 0 radical (unpaired) electrons. The first-order chi connectivity index (χ1) is 8.17. The van der Waals surface area contributed by atoms with Crippen molar-refractivity contribution in [2.75, 3.05) is 30.5 Å². The van der Waals surface area contributed by atoms with E-state index < -0.39 is 0 Å². The van der Waals surface area contributed by atoms with Gasteiger partial charge in [0.1, 0.15) is 5.75 Å². The lowest BCUT2D eigenvalue weighted by atomic mass is 10.2. The van der Waals surface area contributed by atoms with Crippen LogP contribution < -0.4 is 15.8 Å². The van der Waals surface area contributed by atoms with E-state index in [9.17, 15) is 0 Å². The minimum absolute atomic E-state index is 0.455. The average molecular weight is 252 g/mol. The highest BCUT2D eigenvalue weighted by Crippen LogP contribution is 2.47. The lowest BCUT2D eigenvalue weighted by molar-refractivity contribution is 0.340. The van der Waals surface area contributed by atoms with E-state index in [0.717, 1.165) is 23.7 Å². The van der Waals surface area contributed by atoms with Crippen LogP contribution in [0.15, 0.2) is 18.2 Å². The van der Waals surface area contributed by atoms with Crippen LogP contribution >= 0.6 is 11.8 Å². The monoisotopic (exact) mass is 252 g/mol. The Morgan fingerprint density at radius 2 is 2.18 bits per heavy atom. The van der Waals surface area contributed by atoms with Gasteiger partial charge in [-0.15, -0.1) is 0 Å². The molecule has 94 valence electrons. The molecule has 0 bridgehead atoms. The largest absolute Gasteiger partial charge is 0.494 e. The van der Waals surface area contributed by atoms with Crippen LogP contribution in [0.3, 0.4) is 0 Å². The SMILES string of the molecule is CCOc1cc(N)cc(NCC2(SC)CC2)c1. The standard InChI is InChI=1S/C13H20N2OS/c1-3-16-12-7-10(14)6-11(8-12)15-9-13(17-2)4-5-13/h6-8,15H,3-5,9,14H2,1-2H3. The third-order valence-corrected chi connectivity index (χ3v) is 4.51. The molecule has 0 amide bonds. The molecule has 4 heteroatoms. The lowest BCUT2D eigenvalue weighted by Gasteiger charge is -2.15. The summed E-state index contributed by atoms with van der Waals surface area (Å²) in [6, 6.07) is 5.82. The minimum atomic E-state index is 0.455. The predicted molar refractivity (Wildman–Crippen MR) is 76.0 cm³/mol. The molecule has 1 aromatic carbocycles. The van der Waals surface area contributed by atoms with Crippen molar-refractivity contribution in [2.45, 2.75) is 24.5 Å². The van der Waals surface area contributed by atoms with Gasteiger partial charge in [0.2, 0.25) is 0 Å². The molecule has 17 heavy (non-hydrogen) atoms. The summed E-state index contributed by atoms with van der Waals surface area (Å²) in [5, 5.41) is 3.46. The van der Waals surface area contributed by atoms with Gasteiger partial charge in [0.15, 0.2) is 0 Å². The summed E-state index contributed by atoms with van der Waals surface area (Å²) < 4.78 is 5.93. The summed E-state index contributed by atoms with van der Waals surface area (Å²) in [5.74, 6) is 0.837. The van der Waals surface area contributed by atoms with Crippen molar-refractivity contribution in [2.24, 2.45) is 0 Å². The van der Waals surface area contributed by atoms with Gasteiger partial charge in [-0.2, -0.15) is 11.8 Å². The summed E-state index contributed by atoms with van der Waals surface area (Å²) in [6.45, 7) is 3.64. The highest BCUT2D eigenvalue weighted by Gasteiger charge is 2.41. The van der Waals surface area contributed by atoms with Crippen molar-refractivity contribution in [1.29, 1.82) is 0 Å². The first-order valence-corrected chi connectivity index (χ1v) is 7.22. The molecule has 3 nitrogen and oxygen atoms in total. The van der Waals surface area contributed by atoms with Crippen molar-refractivity contribution in [1.82, 2.24) is 0 Å². The van der Waals surface area contributed by atoms with Crippen molar-refractivity contribution >= 4 is 23.1 Å². The average Bonchev–Trinajstić information content (AvgIpc) is 3.07. The first kappa shape index (κ1) is 12.4. The van der Waals surface area contributed by atoms with Crippen LogP contribution in [0, 0.1) is 0 Å². The zero-order valence-corrected chi connectivity index (χ0v) is 11.3. The number of ether oxygens (including phenoxy) is 1. The van der Waals surface area contributed by atoms with E-state index in [1.807, 2.05) is 36.9 Å². The molecule has 0 aromatic heterocycles. The number of nitrogen functional groups attached to an aromatic ring is 1. The summed E-state index contributed by atoms with van der Waals surface area (Å²) >= 11 is 1.95. The minimum Gasteiger partial charge on any atom is -0.494 e. The van der Waals surface area contributed by atoms with Crippen molar-refractivity contribution in [3.63, 3.8) is 0 Å². The molecule has 0 unspecified atom stereocenters. The number of nitrogens with two attached hydrogens (primary N) is 1. The maximum Gasteiger partial charge on any atom is 0.123 e. The van der Waals surface area contributed by atoms with Gasteiger partial charge in [-0.25, -0.2) is 0 Å². The van der Waals surface area contributed by atoms with Gasteiger partial charge in [-0.05, 0) is 32.1 Å². The highest BCUT2D eigenvalue weighted by molar-refractivity contribution is 8.00. The second-order valence-corrected chi connectivity index (χ2v) is 5.74. The molecule has 3 N–H and O–H groups in total. The topological polar surface area (TPSA) is 47.3 Å². The number of anilines is 2. The Bertz CT molecular complexity index is 391. The molecule has 0 atom stereocenters. The Morgan fingerprint density at radius 1 is 1.41 bits per heavy atom. The van der Waals surface area contributed by atoms with Crippen LogP contribution in [0.4, 0.5) is 11.4 Å². The van der Waals surface area contributed by atoms with E-state index in [-0.39, 0.29) is 0 Å². The van der Waals surface area contributed by atoms with Crippen molar-refractivity contribution < 1.29 is 4.74 Å². The van der Waals surface area contributed by atoms with Crippen molar-refractivity contribution in [3.8, 4) is 5.75 Å². The quantitative estimate of drug-likeness (QED) is 0.764. The summed E-state index contributed by atoms with van der Waals surface area (Å²) in [6.07, 6.45) is 4.79. The van der Waals surface area contributed by atoms with E-state index in [4.69, 9.17) is 10.5 Å². The summed E-state index contributed by atoms with van der Waals surface area (Å²) in [4.78, 5) is 0. The van der Waals surface area contributed by atoms with Gasteiger partial charge in [0, 0.05) is 34.8 Å². The number of thioether (sulfide) groups is 1. The number of hydrogen-bond donors (Lipinski definition) is 2. The van der Waals surface area contributed by atoms with E-state index in [1.54, 1.807) is 0 Å². The zero-order chi connectivity index (χ0) is 12.3. The zero-order valence-electron chi connectivity index (χ0n) is 10.5. The Labute approximate surface area is 107 Å². The Balaban J connectivity index is 2.00. The summed E-state index contributed by atoms with van der Waals surface area (Å²) in [5.41, 5.74) is 7.64. The Kier molecular flexibility index (Phi) is 3.72. The van der Waals surface area contributed by atoms with Crippen LogP contribution in [0.25, 0.3) is 0 Å². The number of benzene rings is 1. The molecule has 1 saturated carbocycles. The molecule has 0 heterocycles. The number of hydrogen-bond acceptors (Lipinski definition) is 4. The second-order valence-electron chi connectivity index (χ2n) is 4.46. The molecule has 0 saturated heterocycles. The first-order valence-electron chi connectivity index (χ1n) is 6.00. The molecule has 2 rings (SSSR count).